The summed E-state index contributed by atoms with van der Waals surface area (Å²) in [5.41, 5.74) is 0.980. The topological polar surface area (TPSA) is 80.5 Å². The molecule has 0 heterocycles. The van der Waals surface area contributed by atoms with E-state index in [0.29, 0.717) is 19.0 Å². The predicted octanol–water partition coefficient (Wildman–Crippen LogP) is 2.15. The minimum atomic E-state index is -3.92. The van der Waals surface area contributed by atoms with Gasteiger partial charge in [-0.05, 0) is 31.9 Å². The van der Waals surface area contributed by atoms with Gasteiger partial charge in [0.05, 0.1) is 10.5 Å². The highest BCUT2D eigenvalue weighted by Crippen LogP contribution is 2.19. The Hall–Kier alpha value is -1.40. The van der Waals surface area contributed by atoms with E-state index < -0.39 is 10.0 Å². The summed E-state index contributed by atoms with van der Waals surface area (Å²) >= 11 is 0. The summed E-state index contributed by atoms with van der Waals surface area (Å²) in [5, 5.41) is 5.22. The SMILES string of the molecule is CCC(C)CN(CC)C(=O)c1cc(C)ccc1S(N)(=O)=O. The van der Waals surface area contributed by atoms with Crippen LogP contribution in [0.25, 0.3) is 0 Å². The number of carbonyl (C=O) groups is 1. The number of amides is 1. The van der Waals surface area contributed by atoms with Crippen molar-refractivity contribution in [3.05, 3.63) is 29.3 Å². The molecule has 0 aromatic heterocycles. The molecule has 2 N–H and O–H groups in total. The number of sulfonamides is 1. The lowest BCUT2D eigenvalue weighted by Gasteiger charge is -2.25. The third-order valence-electron chi connectivity index (χ3n) is 3.57. The van der Waals surface area contributed by atoms with Crippen molar-refractivity contribution in [1.82, 2.24) is 4.90 Å². The van der Waals surface area contributed by atoms with Crippen LogP contribution in [0.3, 0.4) is 0 Å². The fourth-order valence-electron chi connectivity index (χ4n) is 2.09. The Balaban J connectivity index is 3.25. The van der Waals surface area contributed by atoms with Gasteiger partial charge in [-0.2, -0.15) is 0 Å². The number of nitrogens with zero attached hydrogens (tertiary/aromatic N) is 1. The van der Waals surface area contributed by atoms with Gasteiger partial charge in [0, 0.05) is 13.1 Å². The maximum Gasteiger partial charge on any atom is 0.255 e. The van der Waals surface area contributed by atoms with Crippen molar-refractivity contribution in [2.45, 2.75) is 39.0 Å². The minimum absolute atomic E-state index is 0.110. The second-order valence-corrected chi connectivity index (χ2v) is 6.93. The van der Waals surface area contributed by atoms with E-state index in [4.69, 9.17) is 5.14 Å². The van der Waals surface area contributed by atoms with Crippen LogP contribution in [0.15, 0.2) is 23.1 Å². The lowest BCUT2D eigenvalue weighted by Crippen LogP contribution is -2.35. The van der Waals surface area contributed by atoms with Crippen LogP contribution < -0.4 is 5.14 Å². The Bertz CT molecular complexity index is 611. The molecule has 1 amide bonds. The number of nitrogens with two attached hydrogens (primary N) is 1. The standard InChI is InChI=1S/C15H24N2O3S/c1-5-11(3)10-17(6-2)15(18)13-9-12(4)7-8-14(13)21(16,19)20/h7-9,11H,5-6,10H2,1-4H3,(H2,16,19,20). The summed E-state index contributed by atoms with van der Waals surface area (Å²) in [5.74, 6) is 0.0715. The van der Waals surface area contributed by atoms with Crippen molar-refractivity contribution >= 4 is 15.9 Å². The minimum Gasteiger partial charge on any atom is -0.339 e. The molecule has 6 heteroatoms. The maximum absolute atomic E-state index is 12.7. The van der Waals surface area contributed by atoms with E-state index in [1.165, 1.54) is 6.07 Å². The summed E-state index contributed by atoms with van der Waals surface area (Å²) in [6.45, 7) is 8.95. The van der Waals surface area contributed by atoms with Crippen LogP contribution in [-0.2, 0) is 10.0 Å². The van der Waals surface area contributed by atoms with Gasteiger partial charge in [0.2, 0.25) is 10.0 Å². The first kappa shape index (κ1) is 17.7. The van der Waals surface area contributed by atoms with Crippen LogP contribution in [0, 0.1) is 12.8 Å². The van der Waals surface area contributed by atoms with Crippen LogP contribution >= 0.6 is 0 Å². The van der Waals surface area contributed by atoms with Crippen LogP contribution in [0.1, 0.15) is 43.1 Å². The molecule has 0 aliphatic carbocycles. The first-order valence-corrected chi connectivity index (χ1v) is 8.68. The van der Waals surface area contributed by atoms with Crippen molar-refractivity contribution in [1.29, 1.82) is 0 Å². The lowest BCUT2D eigenvalue weighted by molar-refractivity contribution is 0.0737. The van der Waals surface area contributed by atoms with Crippen LogP contribution in [0.2, 0.25) is 0 Å². The van der Waals surface area contributed by atoms with Crippen molar-refractivity contribution in [2.75, 3.05) is 13.1 Å². The van der Waals surface area contributed by atoms with E-state index in [2.05, 4.69) is 13.8 Å². The lowest BCUT2D eigenvalue weighted by atomic mass is 10.1. The van der Waals surface area contributed by atoms with E-state index in [-0.39, 0.29) is 16.4 Å². The van der Waals surface area contributed by atoms with Crippen LogP contribution in [-0.4, -0.2) is 32.3 Å². The van der Waals surface area contributed by atoms with Gasteiger partial charge in [-0.3, -0.25) is 4.79 Å². The van der Waals surface area contributed by atoms with Gasteiger partial charge in [0.1, 0.15) is 0 Å². The van der Waals surface area contributed by atoms with Gasteiger partial charge in [-0.1, -0.05) is 31.9 Å². The number of hydrogen-bond acceptors (Lipinski definition) is 3. The molecular weight excluding hydrogens is 288 g/mol. The van der Waals surface area contributed by atoms with Crippen molar-refractivity contribution in [2.24, 2.45) is 11.1 Å². The van der Waals surface area contributed by atoms with Gasteiger partial charge in [-0.25, -0.2) is 13.6 Å². The molecule has 5 nitrogen and oxygen atoms in total. The zero-order chi connectivity index (χ0) is 16.2. The fourth-order valence-corrected chi connectivity index (χ4v) is 2.80. The Kier molecular flexibility index (Phi) is 5.92. The second kappa shape index (κ2) is 7.04. The Morgan fingerprint density at radius 3 is 2.43 bits per heavy atom. The molecule has 1 aromatic rings. The molecule has 0 saturated carbocycles. The highest BCUT2D eigenvalue weighted by atomic mass is 32.2. The number of carbonyl (C=O) groups excluding carboxylic acids is 1. The van der Waals surface area contributed by atoms with Gasteiger partial charge in [-0.15, -0.1) is 0 Å². The zero-order valence-electron chi connectivity index (χ0n) is 13.1. The third kappa shape index (κ3) is 4.54. The van der Waals surface area contributed by atoms with Crippen molar-refractivity contribution in [3.63, 3.8) is 0 Å². The number of rotatable bonds is 6. The highest BCUT2D eigenvalue weighted by molar-refractivity contribution is 7.89. The molecule has 0 bridgehead atoms. The molecule has 1 rings (SSSR count). The van der Waals surface area contributed by atoms with E-state index in [1.54, 1.807) is 17.0 Å². The molecule has 0 radical (unpaired) electrons. The molecule has 1 aromatic carbocycles. The Morgan fingerprint density at radius 2 is 1.95 bits per heavy atom. The molecule has 0 aliphatic rings. The van der Waals surface area contributed by atoms with Crippen LogP contribution in [0.4, 0.5) is 0 Å². The fraction of sp³-hybridized carbons (Fsp3) is 0.533. The molecule has 0 saturated heterocycles. The Labute approximate surface area is 127 Å². The monoisotopic (exact) mass is 312 g/mol. The van der Waals surface area contributed by atoms with E-state index in [9.17, 15) is 13.2 Å². The summed E-state index contributed by atoms with van der Waals surface area (Å²) in [4.78, 5) is 14.2. The summed E-state index contributed by atoms with van der Waals surface area (Å²) in [7, 11) is -3.92. The zero-order valence-corrected chi connectivity index (χ0v) is 13.9. The molecule has 1 unspecified atom stereocenters. The van der Waals surface area contributed by atoms with Crippen LogP contribution in [0.5, 0.6) is 0 Å². The average Bonchev–Trinajstić information content (AvgIpc) is 2.42. The molecule has 0 fully saturated rings. The molecule has 21 heavy (non-hydrogen) atoms. The predicted molar refractivity (Wildman–Crippen MR) is 83.6 cm³/mol. The van der Waals surface area contributed by atoms with Gasteiger partial charge in [0.25, 0.3) is 5.91 Å². The first-order valence-electron chi connectivity index (χ1n) is 7.13. The van der Waals surface area contributed by atoms with Crippen molar-refractivity contribution in [3.8, 4) is 0 Å². The van der Waals surface area contributed by atoms with E-state index in [0.717, 1.165) is 12.0 Å². The highest BCUT2D eigenvalue weighted by Gasteiger charge is 2.23. The van der Waals surface area contributed by atoms with E-state index >= 15 is 0 Å². The first-order chi connectivity index (χ1) is 9.70. The Morgan fingerprint density at radius 1 is 1.33 bits per heavy atom. The summed E-state index contributed by atoms with van der Waals surface area (Å²) < 4.78 is 23.3. The van der Waals surface area contributed by atoms with Crippen molar-refractivity contribution < 1.29 is 13.2 Å². The van der Waals surface area contributed by atoms with E-state index in [1.807, 2.05) is 13.8 Å². The molecule has 0 spiro atoms. The molecule has 118 valence electrons. The third-order valence-corrected chi connectivity index (χ3v) is 4.54. The molecule has 0 aliphatic heterocycles. The quantitative estimate of drug-likeness (QED) is 0.874. The van der Waals surface area contributed by atoms with Gasteiger partial charge in [0.15, 0.2) is 0 Å². The summed E-state index contributed by atoms with van der Waals surface area (Å²) in [6.07, 6.45) is 0.958. The second-order valence-electron chi connectivity index (χ2n) is 5.40. The number of hydrogen-bond donors (Lipinski definition) is 1. The summed E-state index contributed by atoms with van der Waals surface area (Å²) in [6, 6.07) is 4.62. The molecule has 1 atom stereocenters. The number of benzene rings is 1. The van der Waals surface area contributed by atoms with Gasteiger partial charge >= 0.3 is 0 Å². The number of primary sulfonamides is 1. The average molecular weight is 312 g/mol. The number of aryl methyl sites for hydroxylation is 1. The molecular formula is C15H24N2O3S. The maximum atomic E-state index is 12.7. The largest absolute Gasteiger partial charge is 0.339 e. The van der Waals surface area contributed by atoms with Gasteiger partial charge < -0.3 is 4.90 Å². The smallest absolute Gasteiger partial charge is 0.255 e. The normalized spacial score (nSPS) is 13.0.